The predicted octanol–water partition coefficient (Wildman–Crippen LogP) is -1.30. The number of nitrogens with two attached hydrogens (primary N) is 1. The Labute approximate surface area is 208 Å². The number of aliphatic hydroxyl groups excluding tert-OH is 1. The van der Waals surface area contributed by atoms with Crippen molar-refractivity contribution >= 4 is 29.7 Å². The van der Waals surface area contributed by atoms with Crippen LogP contribution in [0.2, 0.25) is 0 Å². The van der Waals surface area contributed by atoms with E-state index >= 15 is 0 Å². The summed E-state index contributed by atoms with van der Waals surface area (Å²) < 4.78 is 0. The number of aliphatic carboxylic acids is 2. The zero-order chi connectivity index (χ0) is 27.4. The number of hydrogen-bond donors (Lipinski definition) is 8. The maximum Gasteiger partial charge on any atom is 0.326 e. The average molecular weight is 511 g/mol. The van der Waals surface area contributed by atoms with Crippen LogP contribution in [0.3, 0.4) is 0 Å². The number of carboxylic acids is 2. The second-order valence-electron chi connectivity index (χ2n) is 8.42. The van der Waals surface area contributed by atoms with E-state index in [0.717, 1.165) is 0 Å². The van der Waals surface area contributed by atoms with Crippen molar-refractivity contribution in [1.29, 1.82) is 0 Å². The van der Waals surface area contributed by atoms with Crippen LogP contribution in [0.25, 0.3) is 0 Å². The highest BCUT2D eigenvalue weighted by atomic mass is 16.4. The molecule has 0 heterocycles. The van der Waals surface area contributed by atoms with Crippen molar-refractivity contribution in [2.24, 2.45) is 11.7 Å². The first kappa shape index (κ1) is 30.3. The van der Waals surface area contributed by atoms with Crippen molar-refractivity contribution < 1.29 is 44.4 Å². The minimum atomic E-state index is -1.51. The summed E-state index contributed by atoms with van der Waals surface area (Å²) in [5.41, 5.74) is 6.16. The normalized spacial score (nSPS) is 15.0. The molecule has 0 radical (unpaired) electrons. The van der Waals surface area contributed by atoms with E-state index in [9.17, 15) is 39.3 Å². The number of rotatable bonds is 15. The first-order chi connectivity index (χ1) is 16.9. The third-order valence-electron chi connectivity index (χ3n) is 5.61. The number of benzene rings is 1. The van der Waals surface area contributed by atoms with E-state index in [2.05, 4.69) is 16.0 Å². The monoisotopic (exact) mass is 510 g/mol. The first-order valence-electron chi connectivity index (χ1n) is 11.4. The highest BCUT2D eigenvalue weighted by molar-refractivity contribution is 5.94. The Kier molecular flexibility index (Phi) is 12.3. The number of phenols is 1. The van der Waals surface area contributed by atoms with Gasteiger partial charge in [0.05, 0.1) is 12.6 Å². The van der Waals surface area contributed by atoms with Crippen LogP contribution >= 0.6 is 0 Å². The summed E-state index contributed by atoms with van der Waals surface area (Å²) in [6, 6.07) is 0.512. The van der Waals surface area contributed by atoms with Crippen molar-refractivity contribution in [1.82, 2.24) is 16.0 Å². The third kappa shape index (κ3) is 9.88. The van der Waals surface area contributed by atoms with Gasteiger partial charge >= 0.3 is 11.9 Å². The Morgan fingerprint density at radius 3 is 1.97 bits per heavy atom. The second-order valence-corrected chi connectivity index (χ2v) is 8.42. The summed E-state index contributed by atoms with van der Waals surface area (Å²) in [7, 11) is 0. The van der Waals surface area contributed by atoms with Crippen LogP contribution < -0.4 is 21.7 Å². The number of aliphatic hydroxyl groups is 1. The minimum Gasteiger partial charge on any atom is -0.508 e. The van der Waals surface area contributed by atoms with Crippen LogP contribution in [0.5, 0.6) is 5.75 Å². The van der Waals surface area contributed by atoms with Crippen LogP contribution in [-0.2, 0) is 30.4 Å². The quantitative estimate of drug-likeness (QED) is 0.139. The summed E-state index contributed by atoms with van der Waals surface area (Å²) in [4.78, 5) is 60.4. The lowest BCUT2D eigenvalue weighted by atomic mass is 9.98. The number of phenolic OH excluding ortho intramolecular Hbond substituents is 1. The number of nitrogens with one attached hydrogen (secondary N) is 3. The van der Waals surface area contributed by atoms with Crippen molar-refractivity contribution in [2.75, 3.05) is 6.61 Å². The van der Waals surface area contributed by atoms with E-state index in [-0.39, 0.29) is 25.0 Å². The largest absolute Gasteiger partial charge is 0.508 e. The maximum absolute atomic E-state index is 13.0. The zero-order valence-electron chi connectivity index (χ0n) is 20.1. The third-order valence-corrected chi connectivity index (χ3v) is 5.61. The minimum absolute atomic E-state index is 0.0196. The molecule has 0 fully saturated rings. The molecule has 0 aliphatic carbocycles. The Bertz CT molecular complexity index is 923. The lowest BCUT2D eigenvalue weighted by Crippen LogP contribution is -2.59. The highest BCUT2D eigenvalue weighted by Gasteiger charge is 2.32. The molecule has 1 aromatic carbocycles. The molecule has 36 heavy (non-hydrogen) atoms. The van der Waals surface area contributed by atoms with Gasteiger partial charge in [-0.1, -0.05) is 32.4 Å². The summed E-state index contributed by atoms with van der Waals surface area (Å²) >= 11 is 0. The zero-order valence-corrected chi connectivity index (χ0v) is 20.1. The first-order valence-corrected chi connectivity index (χ1v) is 11.4. The summed E-state index contributed by atoms with van der Waals surface area (Å²) in [5, 5.41) is 44.4. The SMILES string of the molecule is CCC(C)C(NC(=O)C(Cc1ccc(O)cc1)NC(=O)C(CO)NC(=O)C(N)CCC(=O)O)C(=O)O. The molecule has 0 saturated carbocycles. The predicted molar refractivity (Wildman–Crippen MR) is 127 cm³/mol. The summed E-state index contributed by atoms with van der Waals surface area (Å²) in [6.45, 7) is 2.57. The fourth-order valence-electron chi connectivity index (χ4n) is 3.17. The van der Waals surface area contributed by atoms with Gasteiger partial charge in [0.15, 0.2) is 0 Å². The van der Waals surface area contributed by atoms with E-state index in [1.807, 2.05) is 0 Å². The maximum atomic E-state index is 13.0. The summed E-state index contributed by atoms with van der Waals surface area (Å²) in [5.74, 6) is -5.44. The molecule has 5 atom stereocenters. The van der Waals surface area contributed by atoms with E-state index in [1.54, 1.807) is 13.8 Å². The molecule has 3 amide bonds. The molecule has 0 aliphatic rings. The van der Waals surface area contributed by atoms with E-state index in [4.69, 9.17) is 10.8 Å². The van der Waals surface area contributed by atoms with E-state index < -0.39 is 66.4 Å². The van der Waals surface area contributed by atoms with Crippen LogP contribution in [0.4, 0.5) is 0 Å². The molecule has 5 unspecified atom stereocenters. The number of hydrogen-bond acceptors (Lipinski definition) is 8. The fraction of sp³-hybridized carbons (Fsp3) is 0.522. The number of amides is 3. The van der Waals surface area contributed by atoms with Crippen molar-refractivity contribution in [2.45, 2.75) is 63.7 Å². The Balaban J connectivity index is 3.04. The lowest BCUT2D eigenvalue weighted by Gasteiger charge is -2.26. The molecule has 1 rings (SSSR count). The van der Waals surface area contributed by atoms with Gasteiger partial charge in [-0.3, -0.25) is 19.2 Å². The van der Waals surface area contributed by atoms with Crippen LogP contribution in [0, 0.1) is 5.92 Å². The molecular formula is C23H34N4O9. The summed E-state index contributed by atoms with van der Waals surface area (Å²) in [6.07, 6.45) is -0.193. The second kappa shape index (κ2) is 14.6. The number of carboxylic acid groups (broad SMARTS) is 2. The van der Waals surface area contributed by atoms with Crippen molar-refractivity contribution in [3.63, 3.8) is 0 Å². The van der Waals surface area contributed by atoms with Crippen LogP contribution in [0.1, 0.15) is 38.7 Å². The Morgan fingerprint density at radius 2 is 1.47 bits per heavy atom. The molecule has 0 saturated heterocycles. The van der Waals surface area contributed by atoms with Gasteiger partial charge in [-0.05, 0) is 30.0 Å². The smallest absolute Gasteiger partial charge is 0.326 e. The topological polar surface area (TPSA) is 228 Å². The van der Waals surface area contributed by atoms with Crippen LogP contribution in [-0.4, -0.2) is 80.9 Å². The molecular weight excluding hydrogens is 476 g/mol. The van der Waals surface area contributed by atoms with Gasteiger partial charge in [0, 0.05) is 12.8 Å². The van der Waals surface area contributed by atoms with E-state index in [0.29, 0.717) is 12.0 Å². The van der Waals surface area contributed by atoms with E-state index in [1.165, 1.54) is 24.3 Å². The van der Waals surface area contributed by atoms with Gasteiger partial charge in [-0.25, -0.2) is 4.79 Å². The number of carbonyl (C=O) groups is 5. The van der Waals surface area contributed by atoms with Gasteiger partial charge < -0.3 is 42.1 Å². The molecule has 0 spiro atoms. The fourth-order valence-corrected chi connectivity index (χ4v) is 3.17. The van der Waals surface area contributed by atoms with Gasteiger partial charge in [-0.2, -0.15) is 0 Å². The molecule has 13 nitrogen and oxygen atoms in total. The molecule has 0 aromatic heterocycles. The highest BCUT2D eigenvalue weighted by Crippen LogP contribution is 2.13. The molecule has 0 bridgehead atoms. The molecule has 1 aromatic rings. The van der Waals surface area contributed by atoms with Crippen molar-refractivity contribution in [3.8, 4) is 5.75 Å². The number of carbonyl (C=O) groups excluding carboxylic acids is 3. The standard InChI is InChI=1S/C23H34N4O9/c1-3-12(2)19(23(35)36)27-21(33)16(10-13-4-6-14(29)7-5-13)25-22(34)17(11-28)26-20(32)15(24)8-9-18(30)31/h4-7,12,15-17,19,28-29H,3,8-11,24H2,1-2H3,(H,25,34)(H,26,32)(H,27,33)(H,30,31)(H,35,36). The Morgan fingerprint density at radius 1 is 0.917 bits per heavy atom. The van der Waals surface area contributed by atoms with Gasteiger partial charge in [0.2, 0.25) is 17.7 Å². The lowest BCUT2D eigenvalue weighted by molar-refractivity contribution is -0.144. The van der Waals surface area contributed by atoms with Crippen LogP contribution in [0.15, 0.2) is 24.3 Å². The Hall–Kier alpha value is -3.71. The van der Waals surface area contributed by atoms with Gasteiger partial charge in [0.1, 0.15) is 23.9 Å². The van der Waals surface area contributed by atoms with Gasteiger partial charge in [-0.15, -0.1) is 0 Å². The molecule has 9 N–H and O–H groups in total. The number of aromatic hydroxyl groups is 1. The van der Waals surface area contributed by atoms with Crippen molar-refractivity contribution in [3.05, 3.63) is 29.8 Å². The molecule has 200 valence electrons. The average Bonchev–Trinajstić information content (AvgIpc) is 2.83. The molecule has 13 heteroatoms. The molecule has 0 aliphatic heterocycles. The van der Waals surface area contributed by atoms with Gasteiger partial charge in [0.25, 0.3) is 0 Å².